The smallest absolute Gasteiger partial charge is 0.311 e. The predicted octanol–water partition coefficient (Wildman–Crippen LogP) is 3.70. The number of ether oxygens (including phenoxy) is 1. The molecule has 4 rings (SSSR count). The van der Waals surface area contributed by atoms with Crippen molar-refractivity contribution >= 4 is 34.2 Å². The van der Waals surface area contributed by atoms with Crippen LogP contribution in [0.3, 0.4) is 0 Å². The number of hydrogen-bond acceptors (Lipinski definition) is 8. The minimum atomic E-state index is -0.338. The Bertz CT molecular complexity index is 1100. The lowest BCUT2D eigenvalue weighted by molar-refractivity contribution is -0.142. The standard InChI is InChI=1S/C23H24FN5O3S/c1-2-32-21(30)12-18-14-33-23(25-18)26-22(31)16-4-3-11-29(13-16)20-10-9-19(27-28-20)15-5-7-17(24)8-6-15/h5-10,14,16H,2-4,11-13H2,1H3,(H,25,26,31)/t16-/m0/s1. The van der Waals surface area contributed by atoms with Crippen LogP contribution >= 0.6 is 11.3 Å². The number of anilines is 2. The lowest BCUT2D eigenvalue weighted by Crippen LogP contribution is -2.41. The van der Waals surface area contributed by atoms with Gasteiger partial charge in [-0.3, -0.25) is 9.59 Å². The molecule has 0 saturated carbocycles. The molecular formula is C23H24FN5O3S. The second kappa shape index (κ2) is 10.5. The topological polar surface area (TPSA) is 97.3 Å². The Hall–Kier alpha value is -3.40. The van der Waals surface area contributed by atoms with Crippen molar-refractivity contribution in [3.8, 4) is 11.3 Å². The summed E-state index contributed by atoms with van der Waals surface area (Å²) in [7, 11) is 0. The molecule has 0 radical (unpaired) electrons. The van der Waals surface area contributed by atoms with Crippen LogP contribution in [0.4, 0.5) is 15.3 Å². The summed E-state index contributed by atoms with van der Waals surface area (Å²) in [6, 6.07) is 9.82. The molecule has 0 aliphatic carbocycles. The van der Waals surface area contributed by atoms with Crippen molar-refractivity contribution in [3.05, 3.63) is 53.3 Å². The maximum absolute atomic E-state index is 13.1. The van der Waals surface area contributed by atoms with Crippen molar-refractivity contribution in [2.45, 2.75) is 26.2 Å². The molecule has 33 heavy (non-hydrogen) atoms. The molecular weight excluding hydrogens is 445 g/mol. The van der Waals surface area contributed by atoms with E-state index in [1.807, 2.05) is 17.0 Å². The molecule has 10 heteroatoms. The Balaban J connectivity index is 1.35. The molecule has 0 spiro atoms. The minimum absolute atomic E-state index is 0.0873. The van der Waals surface area contributed by atoms with E-state index >= 15 is 0 Å². The number of amides is 1. The van der Waals surface area contributed by atoms with Gasteiger partial charge >= 0.3 is 5.97 Å². The number of halogens is 1. The largest absolute Gasteiger partial charge is 0.466 e. The summed E-state index contributed by atoms with van der Waals surface area (Å²) < 4.78 is 18.1. The van der Waals surface area contributed by atoms with Crippen LogP contribution in [0.5, 0.6) is 0 Å². The van der Waals surface area contributed by atoms with Crippen molar-refractivity contribution in [2.75, 3.05) is 29.9 Å². The summed E-state index contributed by atoms with van der Waals surface area (Å²) in [4.78, 5) is 30.8. The predicted molar refractivity (Wildman–Crippen MR) is 123 cm³/mol. The van der Waals surface area contributed by atoms with Crippen LogP contribution in [0.25, 0.3) is 11.3 Å². The number of rotatable bonds is 7. The third kappa shape index (κ3) is 5.89. The van der Waals surface area contributed by atoms with E-state index < -0.39 is 0 Å². The number of hydrogen-bond donors (Lipinski definition) is 1. The number of piperidine rings is 1. The fourth-order valence-electron chi connectivity index (χ4n) is 3.68. The molecule has 1 fully saturated rings. The van der Waals surface area contributed by atoms with E-state index in [4.69, 9.17) is 4.74 Å². The van der Waals surface area contributed by atoms with E-state index in [0.29, 0.717) is 35.5 Å². The van der Waals surface area contributed by atoms with Crippen LogP contribution in [0.1, 0.15) is 25.5 Å². The first-order chi connectivity index (χ1) is 16.0. The molecule has 3 heterocycles. The van der Waals surface area contributed by atoms with Crippen LogP contribution < -0.4 is 10.2 Å². The zero-order valence-corrected chi connectivity index (χ0v) is 19.0. The minimum Gasteiger partial charge on any atom is -0.466 e. The first-order valence-corrected chi connectivity index (χ1v) is 11.7. The van der Waals surface area contributed by atoms with Crippen molar-refractivity contribution < 1.29 is 18.7 Å². The molecule has 0 bridgehead atoms. The number of benzene rings is 1. The summed E-state index contributed by atoms with van der Waals surface area (Å²) in [5.74, 6) is -0.254. The quantitative estimate of drug-likeness (QED) is 0.527. The molecule has 1 saturated heterocycles. The first kappa shape index (κ1) is 22.8. The van der Waals surface area contributed by atoms with Gasteiger partial charge in [0, 0.05) is 24.0 Å². The maximum atomic E-state index is 13.1. The van der Waals surface area contributed by atoms with E-state index in [2.05, 4.69) is 20.5 Å². The molecule has 0 unspecified atom stereocenters. The van der Waals surface area contributed by atoms with E-state index in [9.17, 15) is 14.0 Å². The highest BCUT2D eigenvalue weighted by molar-refractivity contribution is 7.13. The molecule has 1 atom stereocenters. The van der Waals surface area contributed by atoms with Gasteiger partial charge in [0.1, 0.15) is 5.82 Å². The molecule has 2 aromatic heterocycles. The Morgan fingerprint density at radius 3 is 2.76 bits per heavy atom. The van der Waals surface area contributed by atoms with Gasteiger partial charge in [-0.15, -0.1) is 21.5 Å². The highest BCUT2D eigenvalue weighted by Gasteiger charge is 2.27. The normalized spacial score (nSPS) is 15.8. The number of aromatic nitrogens is 3. The molecule has 1 aromatic carbocycles. The van der Waals surface area contributed by atoms with Crippen LogP contribution in [0.2, 0.25) is 0 Å². The van der Waals surface area contributed by atoms with E-state index in [1.165, 1.54) is 23.5 Å². The van der Waals surface area contributed by atoms with Crippen molar-refractivity contribution in [2.24, 2.45) is 5.92 Å². The number of nitrogens with zero attached hydrogens (tertiary/aromatic N) is 4. The van der Waals surface area contributed by atoms with Gasteiger partial charge in [-0.05, 0) is 56.2 Å². The number of thiazole rings is 1. The SMILES string of the molecule is CCOC(=O)Cc1csc(NC(=O)[C@H]2CCCN(c3ccc(-c4ccc(F)cc4)nn3)C2)n1. The summed E-state index contributed by atoms with van der Waals surface area (Å²) >= 11 is 1.29. The van der Waals surface area contributed by atoms with Gasteiger partial charge in [-0.25, -0.2) is 9.37 Å². The second-order valence-corrected chi connectivity index (χ2v) is 8.54. The second-order valence-electron chi connectivity index (χ2n) is 7.68. The summed E-state index contributed by atoms with van der Waals surface area (Å²) in [5.41, 5.74) is 2.03. The number of esters is 1. The van der Waals surface area contributed by atoms with Gasteiger partial charge in [-0.2, -0.15) is 0 Å². The molecule has 1 aliphatic heterocycles. The van der Waals surface area contributed by atoms with Crippen molar-refractivity contribution in [1.29, 1.82) is 0 Å². The maximum Gasteiger partial charge on any atom is 0.311 e. The molecule has 3 aromatic rings. The van der Waals surface area contributed by atoms with Crippen LogP contribution in [-0.2, 0) is 20.7 Å². The summed E-state index contributed by atoms with van der Waals surface area (Å²) in [6.45, 7) is 3.39. The first-order valence-electron chi connectivity index (χ1n) is 10.8. The number of carbonyl (C=O) groups excluding carboxylic acids is 2. The van der Waals surface area contributed by atoms with Crippen LogP contribution in [0.15, 0.2) is 41.8 Å². The van der Waals surface area contributed by atoms with Crippen LogP contribution in [-0.4, -0.2) is 46.8 Å². The van der Waals surface area contributed by atoms with Gasteiger partial charge in [-0.1, -0.05) is 0 Å². The van der Waals surface area contributed by atoms with Gasteiger partial charge in [0.2, 0.25) is 5.91 Å². The van der Waals surface area contributed by atoms with Gasteiger partial charge in [0.25, 0.3) is 0 Å². The molecule has 1 amide bonds. The lowest BCUT2D eigenvalue weighted by Gasteiger charge is -2.32. The fourth-order valence-corrected chi connectivity index (χ4v) is 4.39. The highest BCUT2D eigenvalue weighted by atomic mass is 32.1. The number of carbonyl (C=O) groups is 2. The van der Waals surface area contributed by atoms with Gasteiger partial charge in [0.05, 0.1) is 30.3 Å². The van der Waals surface area contributed by atoms with Gasteiger partial charge in [0.15, 0.2) is 10.9 Å². The monoisotopic (exact) mass is 469 g/mol. The van der Waals surface area contributed by atoms with E-state index in [1.54, 1.807) is 24.4 Å². The van der Waals surface area contributed by atoms with Crippen LogP contribution in [0, 0.1) is 11.7 Å². The van der Waals surface area contributed by atoms with Crippen molar-refractivity contribution in [1.82, 2.24) is 15.2 Å². The lowest BCUT2D eigenvalue weighted by atomic mass is 9.97. The zero-order chi connectivity index (χ0) is 23.2. The van der Waals surface area contributed by atoms with E-state index in [0.717, 1.165) is 24.9 Å². The average Bonchev–Trinajstić information content (AvgIpc) is 3.26. The zero-order valence-electron chi connectivity index (χ0n) is 18.2. The summed E-state index contributed by atoms with van der Waals surface area (Å²) in [5, 5.41) is 13.7. The van der Waals surface area contributed by atoms with Crippen molar-refractivity contribution in [3.63, 3.8) is 0 Å². The van der Waals surface area contributed by atoms with Gasteiger partial charge < -0.3 is 15.0 Å². The Labute approximate surface area is 194 Å². The highest BCUT2D eigenvalue weighted by Crippen LogP contribution is 2.25. The Kier molecular flexibility index (Phi) is 7.23. The number of nitrogens with one attached hydrogen (secondary N) is 1. The van der Waals surface area contributed by atoms with E-state index in [-0.39, 0.29) is 30.0 Å². The fraction of sp³-hybridized carbons (Fsp3) is 0.348. The Morgan fingerprint density at radius 2 is 2.03 bits per heavy atom. The summed E-state index contributed by atoms with van der Waals surface area (Å²) in [6.07, 6.45) is 1.71. The average molecular weight is 470 g/mol. The third-order valence-electron chi connectivity index (χ3n) is 5.32. The molecule has 172 valence electrons. The molecule has 1 N–H and O–H groups in total. The third-order valence-corrected chi connectivity index (χ3v) is 6.13. The molecule has 1 aliphatic rings. The Morgan fingerprint density at radius 1 is 1.21 bits per heavy atom. The molecule has 8 nitrogen and oxygen atoms in total.